The van der Waals surface area contributed by atoms with E-state index in [1.54, 1.807) is 12.1 Å². The van der Waals surface area contributed by atoms with Gasteiger partial charge in [0.1, 0.15) is 11.5 Å². The van der Waals surface area contributed by atoms with Crippen LogP contribution in [0.3, 0.4) is 0 Å². The molecule has 0 heterocycles. The van der Waals surface area contributed by atoms with Gasteiger partial charge in [-0.3, -0.25) is 9.59 Å². The molecule has 0 unspecified atom stereocenters. The van der Waals surface area contributed by atoms with Crippen LogP contribution in [0.4, 0.5) is 0 Å². The van der Waals surface area contributed by atoms with Gasteiger partial charge < -0.3 is 23.7 Å². The maximum Gasteiger partial charge on any atom is 0.332 e. The Hall–Kier alpha value is -3.46. The number of carbonyl (C=O) groups excluding carboxylic acids is 4. The zero-order valence-corrected chi connectivity index (χ0v) is 22.8. The molecule has 1 aromatic rings. The average Bonchev–Trinajstić information content (AvgIpc) is 2.96. The van der Waals surface area contributed by atoms with Crippen molar-refractivity contribution in [2.45, 2.75) is 71.3 Å². The predicted octanol–water partition coefficient (Wildman–Crippen LogP) is 4.91. The Bertz CT molecular complexity index is 1060. The summed E-state index contributed by atoms with van der Waals surface area (Å²) in [5.74, 6) is -0.854. The lowest BCUT2D eigenvalue weighted by Gasteiger charge is -2.27. The van der Waals surface area contributed by atoms with Crippen molar-refractivity contribution in [3.8, 4) is 11.5 Å². The molecule has 2 fully saturated rings. The first-order chi connectivity index (χ1) is 18.7. The van der Waals surface area contributed by atoms with Crippen molar-refractivity contribution in [1.82, 2.24) is 0 Å². The topological polar surface area (TPSA) is 114 Å². The Balaban J connectivity index is 1.46. The van der Waals surface area contributed by atoms with Crippen LogP contribution in [0.15, 0.2) is 37.4 Å². The summed E-state index contributed by atoms with van der Waals surface area (Å²) >= 11 is 0. The van der Waals surface area contributed by atoms with Crippen LogP contribution in [0, 0.1) is 31.6 Å². The molecule has 39 heavy (non-hydrogen) atoms. The van der Waals surface area contributed by atoms with Crippen LogP contribution in [-0.2, 0) is 33.4 Å². The van der Waals surface area contributed by atoms with Crippen molar-refractivity contribution >= 4 is 23.9 Å². The maximum atomic E-state index is 12.8. The van der Waals surface area contributed by atoms with Crippen LogP contribution >= 0.6 is 0 Å². The monoisotopic (exact) mass is 542 g/mol. The number of carbonyl (C=O) groups is 4. The fraction of sp³-hybridized carbons (Fsp3) is 0.533. The van der Waals surface area contributed by atoms with Crippen LogP contribution in [0.2, 0.25) is 0 Å². The Kier molecular flexibility index (Phi) is 11.3. The van der Waals surface area contributed by atoms with Crippen molar-refractivity contribution < 1.29 is 42.9 Å². The van der Waals surface area contributed by atoms with E-state index in [-0.39, 0.29) is 42.6 Å². The molecule has 0 aromatic heterocycles. The highest BCUT2D eigenvalue weighted by molar-refractivity contribution is 5.81. The van der Waals surface area contributed by atoms with Gasteiger partial charge in [-0.1, -0.05) is 13.2 Å². The highest BCUT2D eigenvalue weighted by atomic mass is 16.7. The lowest BCUT2D eigenvalue weighted by molar-refractivity contribution is -0.157. The van der Waals surface area contributed by atoms with Crippen LogP contribution in [-0.4, -0.2) is 43.4 Å². The molecular weight excluding hydrogens is 504 g/mol. The van der Waals surface area contributed by atoms with Crippen molar-refractivity contribution in [2.75, 3.05) is 13.4 Å². The van der Waals surface area contributed by atoms with E-state index in [1.165, 1.54) is 0 Å². The summed E-state index contributed by atoms with van der Waals surface area (Å²) in [5.41, 5.74) is 1.48. The van der Waals surface area contributed by atoms with Crippen molar-refractivity contribution in [1.29, 1.82) is 0 Å². The Labute approximate surface area is 229 Å². The normalized spacial score (nSPS) is 22.7. The smallest absolute Gasteiger partial charge is 0.332 e. The molecule has 9 nitrogen and oxygen atoms in total. The number of esters is 4. The lowest BCUT2D eigenvalue weighted by atomic mass is 9.82. The fourth-order valence-corrected chi connectivity index (χ4v) is 4.91. The summed E-state index contributed by atoms with van der Waals surface area (Å²) in [6, 6.07) is 3.33. The molecule has 0 bridgehead atoms. The summed E-state index contributed by atoms with van der Waals surface area (Å²) in [6.07, 6.45) is 7.65. The number of hydrogen-bond donors (Lipinski definition) is 0. The number of ether oxygens (including phenoxy) is 5. The third-order valence-corrected chi connectivity index (χ3v) is 7.60. The highest BCUT2D eigenvalue weighted by Crippen LogP contribution is 2.34. The number of benzene rings is 1. The molecule has 0 aliphatic heterocycles. The summed E-state index contributed by atoms with van der Waals surface area (Å²) in [6.45, 7) is 10.6. The van der Waals surface area contributed by atoms with Crippen LogP contribution < -0.4 is 9.47 Å². The third-order valence-electron chi connectivity index (χ3n) is 7.60. The molecule has 0 radical (unpaired) electrons. The van der Waals surface area contributed by atoms with E-state index < -0.39 is 11.9 Å². The zero-order valence-electron chi connectivity index (χ0n) is 22.8. The van der Waals surface area contributed by atoms with Crippen molar-refractivity contribution in [2.24, 2.45) is 17.8 Å². The van der Waals surface area contributed by atoms with Crippen LogP contribution in [0.5, 0.6) is 11.5 Å². The minimum atomic E-state index is -0.536. The number of hydrogen-bond acceptors (Lipinski definition) is 9. The fourth-order valence-electron chi connectivity index (χ4n) is 4.91. The second-order valence-corrected chi connectivity index (χ2v) is 10.1. The van der Waals surface area contributed by atoms with Gasteiger partial charge in [-0.15, -0.1) is 0 Å². The van der Waals surface area contributed by atoms with Gasteiger partial charge in [0.25, 0.3) is 0 Å². The van der Waals surface area contributed by atoms with E-state index in [2.05, 4.69) is 13.2 Å². The molecular formula is C30H38O9. The number of rotatable bonds is 11. The Morgan fingerprint density at radius 2 is 1.21 bits per heavy atom. The van der Waals surface area contributed by atoms with Gasteiger partial charge in [-0.05, 0) is 94.4 Å². The summed E-state index contributed by atoms with van der Waals surface area (Å²) in [7, 11) is 0. The summed E-state index contributed by atoms with van der Waals surface area (Å²) in [5, 5.41) is 0. The first-order valence-electron chi connectivity index (χ1n) is 13.4. The average molecular weight is 543 g/mol. The maximum absolute atomic E-state index is 12.8. The molecule has 1 aromatic carbocycles. The lowest BCUT2D eigenvalue weighted by Crippen LogP contribution is -2.29. The molecule has 0 N–H and O–H groups in total. The quantitative estimate of drug-likeness (QED) is 0.166. The van der Waals surface area contributed by atoms with Gasteiger partial charge in [-0.2, -0.15) is 0 Å². The van der Waals surface area contributed by atoms with Gasteiger partial charge in [-0.25, -0.2) is 9.59 Å². The van der Waals surface area contributed by atoms with Gasteiger partial charge in [0.2, 0.25) is 0 Å². The van der Waals surface area contributed by atoms with E-state index in [4.69, 9.17) is 23.7 Å². The molecule has 2 aliphatic carbocycles. The molecule has 2 aliphatic rings. The summed E-state index contributed by atoms with van der Waals surface area (Å²) in [4.78, 5) is 48.0. The second kappa shape index (κ2) is 14.6. The van der Waals surface area contributed by atoms with E-state index in [1.807, 2.05) is 13.8 Å². The van der Waals surface area contributed by atoms with Crippen LogP contribution in [0.25, 0.3) is 0 Å². The molecule has 212 valence electrons. The molecule has 0 atom stereocenters. The predicted molar refractivity (Wildman–Crippen MR) is 142 cm³/mol. The van der Waals surface area contributed by atoms with Gasteiger partial charge in [0.05, 0.1) is 24.5 Å². The summed E-state index contributed by atoms with van der Waals surface area (Å²) < 4.78 is 27.0. The molecule has 0 spiro atoms. The van der Waals surface area contributed by atoms with Crippen molar-refractivity contribution in [3.63, 3.8) is 0 Å². The van der Waals surface area contributed by atoms with Crippen LogP contribution in [0.1, 0.15) is 62.5 Å². The highest BCUT2D eigenvalue weighted by Gasteiger charge is 2.30. The molecule has 0 amide bonds. The van der Waals surface area contributed by atoms with Gasteiger partial charge in [0, 0.05) is 12.2 Å². The first-order valence-corrected chi connectivity index (χ1v) is 13.4. The van der Waals surface area contributed by atoms with E-state index in [0.29, 0.717) is 56.6 Å². The third kappa shape index (κ3) is 8.78. The molecule has 3 rings (SSSR count). The SMILES string of the molecule is C=CC(=O)OCOC1CCC(C(=O)Oc2ccc(OC(=O)C3CCC(COC(=O)C=C)CC3)c(C)c2C)CC1. The molecule has 0 saturated heterocycles. The minimum absolute atomic E-state index is 0.0746. The minimum Gasteiger partial charge on any atom is -0.462 e. The first kappa shape index (κ1) is 30.1. The molecule has 9 heteroatoms. The Morgan fingerprint density at radius 3 is 1.69 bits per heavy atom. The van der Waals surface area contributed by atoms with Crippen molar-refractivity contribution in [3.05, 3.63) is 48.6 Å². The largest absolute Gasteiger partial charge is 0.462 e. The van der Waals surface area contributed by atoms with E-state index in [9.17, 15) is 19.2 Å². The van der Waals surface area contributed by atoms with E-state index >= 15 is 0 Å². The Morgan fingerprint density at radius 1 is 0.744 bits per heavy atom. The zero-order chi connectivity index (χ0) is 28.4. The van der Waals surface area contributed by atoms with Gasteiger partial charge >= 0.3 is 23.9 Å². The van der Waals surface area contributed by atoms with Gasteiger partial charge in [0.15, 0.2) is 6.79 Å². The standard InChI is InChI=1S/C30H38O9/c1-5-27(31)35-17-21-7-9-22(10-8-21)29(33)38-25-15-16-26(20(4)19(25)3)39-30(34)23-11-13-24(14-12-23)36-18-37-28(32)6-2/h5-6,15-16,21-24H,1-2,7-14,17-18H2,3-4H3. The van der Waals surface area contributed by atoms with E-state index in [0.717, 1.165) is 36.1 Å². The second-order valence-electron chi connectivity index (χ2n) is 10.1. The molecule has 2 saturated carbocycles.